The van der Waals surface area contributed by atoms with Crippen LogP contribution in [-0.4, -0.2) is 252 Å². The summed E-state index contributed by atoms with van der Waals surface area (Å²) >= 11 is 0. The third-order valence-corrected chi connectivity index (χ3v) is 21.0. The zero-order chi connectivity index (χ0) is 72.6. The SMILES string of the molecule is CC[C@H]1CC(=O)[C@@H]([C@H](O)[C@H](C)CCCC(=O)N2CCS(=O)(=O)CC2)N(C)C(=O)[C@@H](C(C)C)N(C)C(=O)[C@@H](CC(C)C)N(C)C(=O)C(C(C)C)N(C)C(=O)[C@H](C)NC(=O)[C@@H](C)CC(=O)[C@@H](CC(C)C)N(C)C(=O)[C@@H](C(C)C)CC(=O)[C@H](CC(C)C)N(C)C(=O)[C@@H](C)N(C)C1=O. The van der Waals surface area contributed by atoms with Crippen LogP contribution in [0.2, 0.25) is 0 Å². The second-order valence-electron chi connectivity index (χ2n) is 29.6. The van der Waals surface area contributed by atoms with Crippen molar-refractivity contribution in [3.8, 4) is 0 Å². The number of carbonyl (C=O) groups excluding carboxylic acids is 12. The third kappa shape index (κ3) is 22.6. The molecule has 2 saturated heterocycles. The molecule has 2 aliphatic rings. The number of carbonyl (C=O) groups is 12. The van der Waals surface area contributed by atoms with Gasteiger partial charge in [-0.3, -0.25) is 57.5 Å². The number of ketones is 3. The van der Waals surface area contributed by atoms with Gasteiger partial charge in [0.05, 0.1) is 29.7 Å². The summed E-state index contributed by atoms with van der Waals surface area (Å²) in [5, 5.41) is 15.2. The van der Waals surface area contributed by atoms with Crippen LogP contribution in [0.1, 0.15) is 182 Å². The number of hydrogen-bond donors (Lipinski definition) is 2. The largest absolute Gasteiger partial charge is 0.390 e. The number of hydrogen-bond acceptors (Lipinski definition) is 15. The quantitative estimate of drug-likeness (QED) is 0.206. The Hall–Kier alpha value is -5.85. The van der Waals surface area contributed by atoms with Crippen LogP contribution in [0, 0.1) is 59.2 Å². The van der Waals surface area contributed by atoms with Gasteiger partial charge in [0.15, 0.2) is 27.2 Å². The van der Waals surface area contributed by atoms with Crippen molar-refractivity contribution in [1.29, 1.82) is 0 Å². The highest BCUT2D eigenvalue weighted by atomic mass is 32.2. The molecule has 9 amide bonds. The molecule has 0 aromatic heterocycles. The molecule has 2 heterocycles. The van der Waals surface area contributed by atoms with E-state index in [0.29, 0.717) is 0 Å². The van der Waals surface area contributed by atoms with E-state index < -0.39 is 177 Å². The van der Waals surface area contributed by atoms with Gasteiger partial charge in [0.1, 0.15) is 36.3 Å². The Morgan fingerprint density at radius 2 is 0.926 bits per heavy atom. The molecule has 94 heavy (non-hydrogen) atoms. The van der Waals surface area contributed by atoms with Gasteiger partial charge in [-0.05, 0) is 93.8 Å². The molecular weight excluding hydrogens is 1230 g/mol. The van der Waals surface area contributed by atoms with Crippen LogP contribution >= 0.6 is 0 Å². The van der Waals surface area contributed by atoms with Gasteiger partial charge >= 0.3 is 0 Å². The number of nitrogens with zero attached hydrogens (tertiary/aromatic N) is 8. The molecule has 0 aromatic carbocycles. The number of amides is 9. The number of aliphatic hydroxyl groups excluding tert-OH is 1. The van der Waals surface area contributed by atoms with Gasteiger partial charge in [0.25, 0.3) is 0 Å². The first-order chi connectivity index (χ1) is 43.3. The minimum atomic E-state index is -3.26. The van der Waals surface area contributed by atoms with Crippen LogP contribution < -0.4 is 5.32 Å². The first kappa shape index (κ1) is 84.2. The van der Waals surface area contributed by atoms with Crippen LogP contribution in [0.25, 0.3) is 0 Å². The molecule has 25 heteroatoms. The van der Waals surface area contributed by atoms with E-state index in [0.717, 1.165) is 4.90 Å². The van der Waals surface area contributed by atoms with E-state index in [2.05, 4.69) is 5.32 Å². The molecule has 24 nitrogen and oxygen atoms in total. The summed E-state index contributed by atoms with van der Waals surface area (Å²) in [4.78, 5) is 186. The predicted octanol–water partition coefficient (Wildman–Crippen LogP) is 5.00. The van der Waals surface area contributed by atoms with Gasteiger partial charge in [-0.15, -0.1) is 0 Å². The van der Waals surface area contributed by atoms with Gasteiger partial charge in [0, 0.05) is 106 Å². The highest BCUT2D eigenvalue weighted by Crippen LogP contribution is 2.30. The summed E-state index contributed by atoms with van der Waals surface area (Å²) in [6, 6.07) is -9.78. The fraction of sp³-hybridized carbons (Fsp3) is 0.826. The van der Waals surface area contributed by atoms with Crippen molar-refractivity contribution in [1.82, 2.24) is 44.5 Å². The Morgan fingerprint density at radius 3 is 1.38 bits per heavy atom. The van der Waals surface area contributed by atoms with Crippen LogP contribution in [0.5, 0.6) is 0 Å². The zero-order valence-corrected chi connectivity index (χ0v) is 62.3. The number of rotatable bonds is 16. The summed E-state index contributed by atoms with van der Waals surface area (Å²) in [6.07, 6.45) is -1.69. The van der Waals surface area contributed by atoms with Crippen molar-refractivity contribution >= 4 is 80.4 Å². The molecule has 0 radical (unpaired) electrons. The lowest BCUT2D eigenvalue weighted by molar-refractivity contribution is -0.157. The van der Waals surface area contributed by atoms with E-state index in [1.807, 2.05) is 41.5 Å². The zero-order valence-electron chi connectivity index (χ0n) is 61.5. The topological polar surface area (TPSA) is 297 Å². The van der Waals surface area contributed by atoms with Gasteiger partial charge in [0.2, 0.25) is 53.2 Å². The predicted molar refractivity (Wildman–Crippen MR) is 362 cm³/mol. The van der Waals surface area contributed by atoms with Crippen LogP contribution in [0.3, 0.4) is 0 Å². The van der Waals surface area contributed by atoms with Gasteiger partial charge in [-0.2, -0.15) is 0 Å². The molecule has 0 bridgehead atoms. The van der Waals surface area contributed by atoms with Crippen molar-refractivity contribution in [3.63, 3.8) is 0 Å². The average molecular weight is 1350 g/mol. The maximum Gasteiger partial charge on any atom is 0.246 e. The summed E-state index contributed by atoms with van der Waals surface area (Å²) < 4.78 is 24.2. The minimum absolute atomic E-state index is 0.0115. The lowest BCUT2D eigenvalue weighted by Crippen LogP contribution is -2.62. The molecule has 2 aliphatic heterocycles. The minimum Gasteiger partial charge on any atom is -0.390 e. The molecule has 0 aliphatic carbocycles. The Labute approximate surface area is 563 Å². The van der Waals surface area contributed by atoms with E-state index in [1.165, 1.54) is 104 Å². The molecule has 0 saturated carbocycles. The lowest BCUT2D eigenvalue weighted by Gasteiger charge is -2.42. The number of Topliss-reactive ketones (excluding diaryl/α,β-unsaturated/α-hetero) is 3. The smallest absolute Gasteiger partial charge is 0.246 e. The van der Waals surface area contributed by atoms with E-state index in [1.54, 1.807) is 55.4 Å². The Balaban J connectivity index is 2.98. The molecule has 2 fully saturated rings. The van der Waals surface area contributed by atoms with Crippen molar-refractivity contribution in [2.24, 2.45) is 59.2 Å². The lowest BCUT2D eigenvalue weighted by atomic mass is 9.84. The highest BCUT2D eigenvalue weighted by Gasteiger charge is 2.46. The normalized spacial score (nSPS) is 27.9. The van der Waals surface area contributed by atoms with E-state index in [-0.39, 0.29) is 106 Å². The maximum atomic E-state index is 15.4. The van der Waals surface area contributed by atoms with Gasteiger partial charge < -0.3 is 49.6 Å². The fourth-order valence-corrected chi connectivity index (χ4v) is 14.3. The molecular formula is C69H121N9O15S. The van der Waals surface area contributed by atoms with Crippen molar-refractivity contribution in [2.75, 3.05) is 73.9 Å². The van der Waals surface area contributed by atoms with Crippen LogP contribution in [0.15, 0.2) is 0 Å². The van der Waals surface area contributed by atoms with Crippen LogP contribution in [-0.2, 0) is 67.4 Å². The fourth-order valence-electron chi connectivity index (χ4n) is 13.1. The third-order valence-electron chi connectivity index (χ3n) is 19.4. The van der Waals surface area contributed by atoms with E-state index in [9.17, 15) is 51.9 Å². The Morgan fingerprint density at radius 1 is 0.500 bits per heavy atom. The van der Waals surface area contributed by atoms with Gasteiger partial charge in [-0.1, -0.05) is 104 Å². The monoisotopic (exact) mass is 1350 g/mol. The number of sulfone groups is 1. The molecule has 2 rings (SSSR count). The summed E-state index contributed by atoms with van der Waals surface area (Å²) in [5.41, 5.74) is 0. The highest BCUT2D eigenvalue weighted by molar-refractivity contribution is 7.91. The van der Waals surface area contributed by atoms with E-state index >= 15 is 19.2 Å². The van der Waals surface area contributed by atoms with E-state index in [4.69, 9.17) is 0 Å². The van der Waals surface area contributed by atoms with Crippen LogP contribution in [0.4, 0.5) is 0 Å². The van der Waals surface area contributed by atoms with Gasteiger partial charge in [-0.25, -0.2) is 8.42 Å². The maximum absolute atomic E-state index is 15.4. The number of aliphatic hydroxyl groups is 1. The molecule has 0 aromatic rings. The molecule has 0 spiro atoms. The standard InChI is InChI=1S/C69H121N9O15S/c1-25-49-37-56(81)60(61(83)45(14)27-26-28-57(82)78-29-31-94(92,93)32-30-78)77(24)69(91)59(44(12)13)76(23)67(89)53(35-41(6)7)74(21)68(90)58(43(10)11)75(22)63(85)47(16)70-62(84)46(15)36-54(79)51(33-39(2)3)73(20)66(88)50(42(8)9)38-55(80)52(34-40(4)5)72(19)64(86)48(17)71(18)65(49)87/h39-53,58-61,83H,25-38H2,1-24H3,(H,70,84)/t45-,46+,47+,48-,49+,50-,51-,52+,53-,58?,59-,60+,61-/m1/s1. The molecule has 13 atom stereocenters. The average Bonchev–Trinajstić information content (AvgIpc) is 0.808. The molecule has 1 unspecified atom stereocenters. The summed E-state index contributed by atoms with van der Waals surface area (Å²) in [7, 11) is 6.76. The Bertz CT molecular complexity index is 2760. The molecule has 538 valence electrons. The van der Waals surface area contributed by atoms with Crippen molar-refractivity contribution in [2.45, 2.75) is 236 Å². The first-order valence-electron chi connectivity index (χ1n) is 34.2. The second kappa shape index (κ2) is 37.0. The summed E-state index contributed by atoms with van der Waals surface area (Å²) in [6.45, 7) is 29.7. The molecule has 2 N–H and O–H groups in total. The van der Waals surface area contributed by atoms with Crippen molar-refractivity contribution in [3.05, 3.63) is 0 Å². The Kier molecular flexibility index (Phi) is 33.2. The van der Waals surface area contributed by atoms with Crippen molar-refractivity contribution < 1.29 is 71.1 Å². The second-order valence-corrected chi connectivity index (χ2v) is 31.9. The number of nitrogens with one attached hydrogen (secondary N) is 1. The number of likely N-dealkylation sites (N-methyl/N-ethyl adjacent to an activating group) is 7. The first-order valence-corrected chi connectivity index (χ1v) is 36.0. The summed E-state index contributed by atoms with van der Waals surface area (Å²) in [5.74, 6) is -12.9.